The van der Waals surface area contributed by atoms with Crippen LogP contribution in [-0.2, 0) is 16.4 Å². The second kappa shape index (κ2) is 7.40. The minimum absolute atomic E-state index is 0.269. The van der Waals surface area contributed by atoms with Gasteiger partial charge >= 0.3 is 0 Å². The van der Waals surface area contributed by atoms with Gasteiger partial charge in [-0.1, -0.05) is 53.5 Å². The minimum Gasteiger partial charge on any atom is -0.207 e. The molecule has 0 saturated carbocycles. The van der Waals surface area contributed by atoms with Gasteiger partial charge in [0, 0.05) is 10.5 Å². The van der Waals surface area contributed by atoms with Crippen LogP contribution in [0.2, 0.25) is 0 Å². The number of nitrogens with one attached hydrogen (secondary N) is 1. The first kappa shape index (κ1) is 17.2. The van der Waals surface area contributed by atoms with Crippen LogP contribution in [-0.4, -0.2) is 8.42 Å². The molecule has 22 heavy (non-hydrogen) atoms. The van der Waals surface area contributed by atoms with Crippen molar-refractivity contribution in [1.82, 2.24) is 4.72 Å². The van der Waals surface area contributed by atoms with Crippen LogP contribution in [0.3, 0.4) is 0 Å². The normalized spacial score (nSPS) is 13.0. The van der Waals surface area contributed by atoms with Gasteiger partial charge in [0.05, 0.1) is 4.90 Å². The monoisotopic (exact) mass is 381 g/mol. The predicted molar refractivity (Wildman–Crippen MR) is 93.3 cm³/mol. The molecule has 0 aromatic heterocycles. The van der Waals surface area contributed by atoms with Gasteiger partial charge in [-0.3, -0.25) is 0 Å². The van der Waals surface area contributed by atoms with Gasteiger partial charge in [-0.25, -0.2) is 13.1 Å². The van der Waals surface area contributed by atoms with Gasteiger partial charge in [0.2, 0.25) is 10.0 Å². The fraction of sp³-hybridized carbons (Fsp3) is 0.294. The Kier molecular flexibility index (Phi) is 5.78. The van der Waals surface area contributed by atoms with Gasteiger partial charge < -0.3 is 0 Å². The molecule has 3 nitrogen and oxygen atoms in total. The van der Waals surface area contributed by atoms with Crippen LogP contribution in [0.15, 0.2) is 57.9 Å². The molecular weight excluding hydrogens is 362 g/mol. The van der Waals surface area contributed by atoms with Crippen molar-refractivity contribution in [2.75, 3.05) is 0 Å². The highest BCUT2D eigenvalue weighted by molar-refractivity contribution is 9.10. The van der Waals surface area contributed by atoms with E-state index in [4.69, 9.17) is 0 Å². The van der Waals surface area contributed by atoms with Crippen LogP contribution in [0.1, 0.15) is 37.4 Å². The van der Waals surface area contributed by atoms with Crippen LogP contribution in [0.5, 0.6) is 0 Å². The number of hydrogen-bond donors (Lipinski definition) is 1. The minimum atomic E-state index is -3.52. The number of sulfonamides is 1. The fourth-order valence-electron chi connectivity index (χ4n) is 2.24. The fourth-order valence-corrected chi connectivity index (χ4v) is 3.74. The van der Waals surface area contributed by atoms with E-state index in [9.17, 15) is 8.42 Å². The van der Waals surface area contributed by atoms with Crippen LogP contribution in [0, 0.1) is 0 Å². The maximum Gasteiger partial charge on any atom is 0.241 e. The number of rotatable bonds is 6. The maximum atomic E-state index is 12.4. The summed E-state index contributed by atoms with van der Waals surface area (Å²) in [7, 11) is -3.52. The van der Waals surface area contributed by atoms with Gasteiger partial charge in [-0.2, -0.15) is 0 Å². The molecule has 0 saturated heterocycles. The summed E-state index contributed by atoms with van der Waals surface area (Å²) in [5.41, 5.74) is 2.23. The van der Waals surface area contributed by atoms with Crippen molar-refractivity contribution < 1.29 is 8.42 Å². The highest BCUT2D eigenvalue weighted by Gasteiger charge is 2.18. The van der Waals surface area contributed by atoms with E-state index in [0.29, 0.717) is 0 Å². The molecule has 2 aromatic rings. The van der Waals surface area contributed by atoms with E-state index in [1.165, 1.54) is 5.56 Å². The zero-order valence-electron chi connectivity index (χ0n) is 12.7. The Hall–Kier alpha value is -1.17. The Morgan fingerprint density at radius 2 is 1.64 bits per heavy atom. The molecule has 1 N–H and O–H groups in total. The van der Waals surface area contributed by atoms with Gasteiger partial charge in [0.15, 0.2) is 0 Å². The third-order valence-corrected chi connectivity index (χ3v) is 5.56. The molecule has 1 unspecified atom stereocenters. The maximum absolute atomic E-state index is 12.4. The molecule has 0 bridgehead atoms. The Morgan fingerprint density at radius 3 is 2.18 bits per heavy atom. The molecular formula is C17H20BrNO2S. The third kappa shape index (κ3) is 4.41. The number of hydrogen-bond acceptors (Lipinski definition) is 2. The van der Waals surface area contributed by atoms with Crippen molar-refractivity contribution in [2.45, 2.75) is 37.6 Å². The van der Waals surface area contributed by atoms with Crippen LogP contribution in [0.4, 0.5) is 0 Å². The lowest BCUT2D eigenvalue weighted by atomic mass is 10.0. The standard InChI is InChI=1S/C17H20BrNO2S/c1-3-4-14-5-7-15(8-6-14)13(2)19-22(20,21)17-11-9-16(18)10-12-17/h5-13,19H,3-4H2,1-2H3. The predicted octanol–water partition coefficient (Wildman–Crippen LogP) is 4.44. The lowest BCUT2D eigenvalue weighted by Gasteiger charge is -2.15. The molecule has 2 rings (SSSR count). The summed E-state index contributed by atoms with van der Waals surface area (Å²) in [5.74, 6) is 0. The van der Waals surface area contributed by atoms with Crippen molar-refractivity contribution in [3.8, 4) is 0 Å². The smallest absolute Gasteiger partial charge is 0.207 e. The lowest BCUT2D eigenvalue weighted by Crippen LogP contribution is -2.26. The molecule has 0 aliphatic carbocycles. The molecule has 0 aliphatic rings. The Bertz CT molecular complexity index is 709. The first-order valence-corrected chi connectivity index (χ1v) is 9.56. The molecule has 1 atom stereocenters. The average Bonchev–Trinajstić information content (AvgIpc) is 2.48. The summed E-state index contributed by atoms with van der Waals surface area (Å²) in [6.07, 6.45) is 2.14. The molecule has 0 aliphatic heterocycles. The summed E-state index contributed by atoms with van der Waals surface area (Å²) >= 11 is 3.30. The lowest BCUT2D eigenvalue weighted by molar-refractivity contribution is 0.567. The summed E-state index contributed by atoms with van der Waals surface area (Å²) < 4.78 is 28.3. The summed E-state index contributed by atoms with van der Waals surface area (Å²) in [6.45, 7) is 3.99. The van der Waals surface area contributed by atoms with Gasteiger partial charge in [-0.05, 0) is 48.7 Å². The molecule has 0 amide bonds. The van der Waals surface area contributed by atoms with Crippen LogP contribution >= 0.6 is 15.9 Å². The molecule has 0 spiro atoms. The zero-order chi connectivity index (χ0) is 16.2. The number of halogens is 1. The second-order valence-corrected chi connectivity index (χ2v) is 7.92. The largest absolute Gasteiger partial charge is 0.241 e. The van der Waals surface area contributed by atoms with Crippen LogP contribution in [0.25, 0.3) is 0 Å². The van der Waals surface area contributed by atoms with Gasteiger partial charge in [-0.15, -0.1) is 0 Å². The Morgan fingerprint density at radius 1 is 1.05 bits per heavy atom. The molecule has 5 heteroatoms. The first-order chi connectivity index (χ1) is 10.4. The highest BCUT2D eigenvalue weighted by atomic mass is 79.9. The van der Waals surface area contributed by atoms with E-state index >= 15 is 0 Å². The SMILES string of the molecule is CCCc1ccc(C(C)NS(=O)(=O)c2ccc(Br)cc2)cc1. The molecule has 118 valence electrons. The first-order valence-electron chi connectivity index (χ1n) is 7.29. The van der Waals surface area contributed by atoms with E-state index in [2.05, 4.69) is 39.7 Å². The van der Waals surface area contributed by atoms with Crippen molar-refractivity contribution in [1.29, 1.82) is 0 Å². The highest BCUT2D eigenvalue weighted by Crippen LogP contribution is 2.19. The molecule has 0 radical (unpaired) electrons. The second-order valence-electron chi connectivity index (χ2n) is 5.29. The van der Waals surface area contributed by atoms with Crippen molar-refractivity contribution in [3.63, 3.8) is 0 Å². The average molecular weight is 382 g/mol. The van der Waals surface area contributed by atoms with E-state index < -0.39 is 10.0 Å². The number of aryl methyl sites for hydroxylation is 1. The van der Waals surface area contributed by atoms with E-state index in [0.717, 1.165) is 22.9 Å². The van der Waals surface area contributed by atoms with Crippen LogP contribution < -0.4 is 4.72 Å². The van der Waals surface area contributed by atoms with Crippen molar-refractivity contribution in [2.24, 2.45) is 0 Å². The molecule has 0 heterocycles. The Balaban J connectivity index is 2.13. The summed E-state index contributed by atoms with van der Waals surface area (Å²) in [4.78, 5) is 0.269. The van der Waals surface area contributed by atoms with E-state index in [1.807, 2.05) is 19.1 Å². The van der Waals surface area contributed by atoms with Gasteiger partial charge in [0.25, 0.3) is 0 Å². The molecule has 2 aromatic carbocycles. The van der Waals surface area contributed by atoms with E-state index in [1.54, 1.807) is 24.3 Å². The van der Waals surface area contributed by atoms with E-state index in [-0.39, 0.29) is 10.9 Å². The molecule has 0 fully saturated rings. The third-order valence-electron chi connectivity index (χ3n) is 3.47. The Labute approximate surface area is 140 Å². The summed E-state index contributed by atoms with van der Waals surface area (Å²) in [5, 5.41) is 0. The zero-order valence-corrected chi connectivity index (χ0v) is 15.1. The van der Waals surface area contributed by atoms with Crippen molar-refractivity contribution in [3.05, 3.63) is 64.1 Å². The van der Waals surface area contributed by atoms with Crippen molar-refractivity contribution >= 4 is 26.0 Å². The quantitative estimate of drug-likeness (QED) is 0.803. The number of benzene rings is 2. The topological polar surface area (TPSA) is 46.2 Å². The van der Waals surface area contributed by atoms with Gasteiger partial charge in [0.1, 0.15) is 0 Å². The summed E-state index contributed by atoms with van der Waals surface area (Å²) in [6, 6.07) is 14.4.